The molecule has 0 aliphatic carbocycles. The number of benzene rings is 3. The number of rotatable bonds is 11. The average molecular weight is 600 g/mol. The molecule has 2 atom stereocenters. The molecular formula is C37H49NO4Si. The minimum atomic E-state index is -3.02. The summed E-state index contributed by atoms with van der Waals surface area (Å²) in [6, 6.07) is 24.9. The monoisotopic (exact) mass is 599 g/mol. The molecule has 0 spiro atoms. The van der Waals surface area contributed by atoms with E-state index in [0.29, 0.717) is 6.42 Å². The molecule has 0 saturated heterocycles. The number of fused-ring (bicyclic) bond motifs is 3. The highest BCUT2D eigenvalue weighted by molar-refractivity contribution is 6.98. The molecule has 2 N–H and O–H groups in total. The lowest BCUT2D eigenvalue weighted by molar-refractivity contribution is 0.108. The first-order valence-electron chi connectivity index (χ1n) is 15.7. The molecule has 3 aromatic rings. The number of aliphatic hydroxyl groups is 1. The summed E-state index contributed by atoms with van der Waals surface area (Å²) in [5, 5.41) is 13.2. The third-order valence-electron chi connectivity index (χ3n) is 9.95. The van der Waals surface area contributed by atoms with Crippen LogP contribution in [-0.4, -0.2) is 50.0 Å². The minimum Gasteiger partial charge on any atom is -0.493 e. The third-order valence-corrected chi connectivity index (χ3v) is 14.5. The maximum absolute atomic E-state index is 12.5. The lowest BCUT2D eigenvalue weighted by Gasteiger charge is -2.44. The highest BCUT2D eigenvalue weighted by atomic mass is 28.4. The van der Waals surface area contributed by atoms with Crippen LogP contribution in [0.5, 0.6) is 11.5 Å². The van der Waals surface area contributed by atoms with Crippen LogP contribution in [0.4, 0.5) is 0 Å². The van der Waals surface area contributed by atoms with Gasteiger partial charge in [-0.1, -0.05) is 94.8 Å². The van der Waals surface area contributed by atoms with E-state index in [9.17, 15) is 9.90 Å². The van der Waals surface area contributed by atoms with Gasteiger partial charge in [-0.15, -0.1) is 0 Å². The Morgan fingerprint density at radius 2 is 1.44 bits per heavy atom. The van der Waals surface area contributed by atoms with Crippen molar-refractivity contribution in [2.75, 3.05) is 20.8 Å². The molecule has 0 fully saturated rings. The maximum atomic E-state index is 12.5. The van der Waals surface area contributed by atoms with E-state index in [4.69, 9.17) is 9.47 Å². The van der Waals surface area contributed by atoms with Crippen LogP contribution in [0.1, 0.15) is 77.0 Å². The lowest BCUT2D eigenvalue weighted by Crippen LogP contribution is -2.65. The molecule has 0 amide bonds. The highest BCUT2D eigenvalue weighted by Gasteiger charge is 2.49. The number of ether oxygens (including phenoxy) is 2. The summed E-state index contributed by atoms with van der Waals surface area (Å²) in [6.45, 7) is 10.1. The number of aliphatic hydroxyl groups excluding tert-OH is 1. The number of methoxy groups -OCH3 is 2. The summed E-state index contributed by atoms with van der Waals surface area (Å²) in [4.78, 5) is 14.9. The number of nitrogens with zero attached hydrogens (tertiary/aromatic N) is 1. The van der Waals surface area contributed by atoms with Crippen molar-refractivity contribution >= 4 is 18.7 Å². The predicted molar refractivity (Wildman–Crippen MR) is 178 cm³/mol. The Kier molecular flexibility index (Phi) is 9.12. The Morgan fingerprint density at radius 1 is 0.860 bits per heavy atom. The topological polar surface area (TPSA) is 62.2 Å². The summed E-state index contributed by atoms with van der Waals surface area (Å²) in [5.74, 6) is 1.51. The van der Waals surface area contributed by atoms with Gasteiger partial charge in [0.2, 0.25) is 0 Å². The molecule has 0 saturated carbocycles. The Bertz CT molecular complexity index is 1380. The molecular weight excluding hydrogens is 550 g/mol. The van der Waals surface area contributed by atoms with E-state index in [1.165, 1.54) is 11.1 Å². The summed E-state index contributed by atoms with van der Waals surface area (Å²) in [5.41, 5.74) is 3.66. The van der Waals surface area contributed by atoms with Crippen LogP contribution in [0.3, 0.4) is 0 Å². The van der Waals surface area contributed by atoms with Gasteiger partial charge >= 0.3 is 0 Å². The second kappa shape index (κ2) is 12.5. The fourth-order valence-electron chi connectivity index (χ4n) is 7.43. The molecule has 0 aromatic heterocycles. The lowest BCUT2D eigenvalue weighted by atomic mass is 9.76. The van der Waals surface area contributed by atoms with Crippen molar-refractivity contribution in [3.63, 3.8) is 0 Å². The maximum Gasteiger partial charge on any atom is 0.258 e. The van der Waals surface area contributed by atoms with Crippen LogP contribution in [-0.2, 0) is 6.42 Å². The van der Waals surface area contributed by atoms with Gasteiger partial charge in [0.25, 0.3) is 8.32 Å². The van der Waals surface area contributed by atoms with Gasteiger partial charge in [0, 0.05) is 19.2 Å². The van der Waals surface area contributed by atoms with Crippen LogP contribution in [0.25, 0.3) is 0 Å². The molecule has 1 unspecified atom stereocenters. The normalized spacial score (nSPS) is 18.9. The summed E-state index contributed by atoms with van der Waals surface area (Å²) in [7, 11) is 0.336. The quantitative estimate of drug-likeness (QED) is 0.251. The van der Waals surface area contributed by atoms with Crippen LogP contribution in [0.15, 0.2) is 84.6 Å². The van der Waals surface area contributed by atoms with Crippen LogP contribution in [0.2, 0.25) is 5.04 Å². The summed E-state index contributed by atoms with van der Waals surface area (Å²) in [6.07, 6.45) is 7.23. The highest BCUT2D eigenvalue weighted by Crippen LogP contribution is 2.46. The van der Waals surface area contributed by atoms with Crippen LogP contribution >= 0.6 is 0 Å². The molecule has 2 aliphatic rings. The zero-order valence-electron chi connectivity index (χ0n) is 26.8. The van der Waals surface area contributed by atoms with E-state index in [1.54, 1.807) is 14.2 Å². The Morgan fingerprint density at radius 3 is 2.02 bits per heavy atom. The first-order valence-corrected chi connectivity index (χ1v) is 17.7. The van der Waals surface area contributed by atoms with E-state index in [2.05, 4.69) is 75.2 Å². The fourth-order valence-corrected chi connectivity index (χ4v) is 11.2. The van der Waals surface area contributed by atoms with Crippen LogP contribution in [0, 0.1) is 5.41 Å². The molecule has 5 rings (SSSR count). The van der Waals surface area contributed by atoms with Gasteiger partial charge in [-0.3, -0.25) is 0 Å². The van der Waals surface area contributed by atoms with Crippen molar-refractivity contribution in [3.8, 4) is 11.5 Å². The Labute approximate surface area is 259 Å². The molecule has 43 heavy (non-hydrogen) atoms. The molecule has 0 bridgehead atoms. The average Bonchev–Trinajstić information content (AvgIpc) is 3.00. The van der Waals surface area contributed by atoms with E-state index in [0.717, 1.165) is 66.1 Å². The van der Waals surface area contributed by atoms with E-state index >= 15 is 0 Å². The molecule has 2 heterocycles. The fraction of sp³-hybridized carbons (Fsp3) is 0.459. The first kappa shape index (κ1) is 31.4. The van der Waals surface area contributed by atoms with E-state index < -0.39 is 14.4 Å². The standard InChI is InChI=1S/C37H49NO4Si/c1-36(2,19-13-20-37(3,4)43(40,29-14-9-7-10-15-29)30-16-11-8-12-17-30)25-28-26-38-21-18-27-22-34(41-5)35(42-6)23-31(27)32(38)24-33(28)39/h7-12,14-17,22-23,26,32-33,39-40H,13,18-21,24-25H2,1-6H3/t32-,33?/m1/s1. The van der Waals surface area contributed by atoms with Crippen LogP contribution < -0.4 is 19.8 Å². The van der Waals surface area contributed by atoms with Gasteiger partial charge in [0.05, 0.1) is 26.4 Å². The zero-order valence-corrected chi connectivity index (χ0v) is 27.8. The summed E-state index contributed by atoms with van der Waals surface area (Å²) >= 11 is 0. The van der Waals surface area contributed by atoms with Crippen molar-refractivity contribution in [1.29, 1.82) is 0 Å². The van der Waals surface area contributed by atoms with E-state index in [1.807, 2.05) is 36.4 Å². The van der Waals surface area contributed by atoms with Crippen molar-refractivity contribution < 1.29 is 19.4 Å². The Balaban J connectivity index is 1.28. The molecule has 6 heteroatoms. The third kappa shape index (κ3) is 6.28. The minimum absolute atomic E-state index is 0.0270. The number of hydrogen-bond acceptors (Lipinski definition) is 5. The largest absolute Gasteiger partial charge is 0.493 e. The van der Waals surface area contributed by atoms with Crippen molar-refractivity contribution in [3.05, 3.63) is 95.7 Å². The van der Waals surface area contributed by atoms with Gasteiger partial charge in [-0.25, -0.2) is 0 Å². The predicted octanol–water partition coefficient (Wildman–Crippen LogP) is 6.37. The van der Waals surface area contributed by atoms with Crippen molar-refractivity contribution in [2.24, 2.45) is 5.41 Å². The van der Waals surface area contributed by atoms with Gasteiger partial charge in [0.1, 0.15) is 0 Å². The molecule has 0 radical (unpaired) electrons. The molecule has 230 valence electrons. The first-order chi connectivity index (χ1) is 20.5. The van der Waals surface area contributed by atoms with Crippen molar-refractivity contribution in [1.82, 2.24) is 4.90 Å². The zero-order chi connectivity index (χ0) is 30.8. The van der Waals surface area contributed by atoms with E-state index in [-0.39, 0.29) is 16.5 Å². The molecule has 2 aliphatic heterocycles. The molecule has 3 aromatic carbocycles. The van der Waals surface area contributed by atoms with Gasteiger partial charge in [-0.05, 0) is 75.3 Å². The second-order valence-electron chi connectivity index (χ2n) is 13.9. The van der Waals surface area contributed by atoms with Gasteiger partial charge in [0.15, 0.2) is 11.5 Å². The SMILES string of the molecule is COc1cc2c(cc1OC)[C@H]1CC(O)C(CC(C)(C)CCCC(C)(C)[Si](O)(c3ccccc3)c3ccccc3)=CN1CC2. The smallest absolute Gasteiger partial charge is 0.258 e. The van der Waals surface area contributed by atoms with Gasteiger partial charge < -0.3 is 24.3 Å². The summed E-state index contributed by atoms with van der Waals surface area (Å²) < 4.78 is 11.1. The number of hydrogen-bond donors (Lipinski definition) is 2. The second-order valence-corrected chi connectivity index (χ2v) is 17.8. The van der Waals surface area contributed by atoms with Crippen molar-refractivity contribution in [2.45, 2.75) is 83.4 Å². The molecule has 5 nitrogen and oxygen atoms in total. The van der Waals surface area contributed by atoms with Gasteiger partial charge in [-0.2, -0.15) is 0 Å². The Hall–Kier alpha value is -3.06.